The van der Waals surface area contributed by atoms with Crippen LogP contribution in [0.15, 0.2) is 48.5 Å². The van der Waals surface area contributed by atoms with Gasteiger partial charge in [-0.25, -0.2) is 0 Å². The van der Waals surface area contributed by atoms with E-state index < -0.39 is 0 Å². The number of aryl methyl sites for hydroxylation is 1. The Kier molecular flexibility index (Phi) is 9.36. The molecule has 194 valence electrons. The lowest BCUT2D eigenvalue weighted by atomic mass is 9.73. The third-order valence-corrected chi connectivity index (χ3v) is 7.53. The van der Waals surface area contributed by atoms with Crippen LogP contribution in [0.5, 0.6) is 5.75 Å². The molecule has 2 aromatic rings. The molecule has 1 fully saturated rings. The third kappa shape index (κ3) is 6.86. The molecular formula is C29H39N3O4. The molecule has 0 aromatic heterocycles. The van der Waals surface area contributed by atoms with Crippen molar-refractivity contribution in [3.05, 3.63) is 65.2 Å². The smallest absolute Gasteiger partial charge is 0.234 e. The summed E-state index contributed by atoms with van der Waals surface area (Å²) in [6, 6.07) is 16.2. The van der Waals surface area contributed by atoms with Crippen molar-refractivity contribution in [2.75, 3.05) is 39.9 Å². The highest BCUT2D eigenvalue weighted by atomic mass is 16.5. The van der Waals surface area contributed by atoms with Crippen LogP contribution in [-0.4, -0.2) is 56.6 Å². The fraction of sp³-hybridized carbons (Fsp3) is 0.517. The largest absolute Gasteiger partial charge is 0.491 e. The van der Waals surface area contributed by atoms with Gasteiger partial charge in [0, 0.05) is 13.7 Å². The van der Waals surface area contributed by atoms with E-state index in [1.807, 2.05) is 36.4 Å². The molecule has 36 heavy (non-hydrogen) atoms. The van der Waals surface area contributed by atoms with Crippen LogP contribution in [0.25, 0.3) is 0 Å². The number of hydrogen-bond donors (Lipinski definition) is 2. The van der Waals surface area contributed by atoms with Gasteiger partial charge in [-0.05, 0) is 68.0 Å². The van der Waals surface area contributed by atoms with Crippen LogP contribution in [0.2, 0.25) is 0 Å². The number of para-hydroxylation sites is 1. The number of methoxy groups -OCH3 is 1. The first kappa shape index (κ1) is 26.2. The number of likely N-dealkylation sites (tertiary alicyclic amines) is 1. The maximum atomic E-state index is 13.3. The molecule has 0 bridgehead atoms. The zero-order chi connectivity index (χ0) is 25.2. The second-order valence-corrected chi connectivity index (χ2v) is 9.95. The van der Waals surface area contributed by atoms with Crippen molar-refractivity contribution in [3.63, 3.8) is 0 Å². The lowest BCUT2D eigenvalue weighted by Gasteiger charge is -2.40. The van der Waals surface area contributed by atoms with E-state index in [4.69, 9.17) is 9.47 Å². The van der Waals surface area contributed by atoms with Crippen LogP contribution in [0.3, 0.4) is 0 Å². The van der Waals surface area contributed by atoms with Gasteiger partial charge < -0.3 is 20.1 Å². The van der Waals surface area contributed by atoms with Crippen LogP contribution < -0.4 is 15.4 Å². The van der Waals surface area contributed by atoms with Gasteiger partial charge in [0.15, 0.2) is 0 Å². The van der Waals surface area contributed by atoms with E-state index in [9.17, 15) is 9.59 Å². The number of piperidine rings is 1. The second-order valence-electron chi connectivity index (χ2n) is 9.95. The average molecular weight is 494 g/mol. The van der Waals surface area contributed by atoms with Gasteiger partial charge in [-0.1, -0.05) is 48.9 Å². The van der Waals surface area contributed by atoms with Gasteiger partial charge in [-0.2, -0.15) is 0 Å². The number of amides is 2. The average Bonchev–Trinajstić information content (AvgIpc) is 2.90. The maximum Gasteiger partial charge on any atom is 0.234 e. The minimum Gasteiger partial charge on any atom is -0.491 e. The van der Waals surface area contributed by atoms with Crippen molar-refractivity contribution in [1.29, 1.82) is 0 Å². The Labute approximate surface area is 214 Å². The molecule has 7 nitrogen and oxygen atoms in total. The first-order valence-corrected chi connectivity index (χ1v) is 13.1. The van der Waals surface area contributed by atoms with E-state index in [0.29, 0.717) is 32.8 Å². The van der Waals surface area contributed by atoms with Crippen molar-refractivity contribution in [1.82, 2.24) is 15.5 Å². The minimum atomic E-state index is -0.356. The molecule has 0 unspecified atom stereocenters. The lowest BCUT2D eigenvalue weighted by Crippen LogP contribution is -2.51. The molecular weight excluding hydrogens is 454 g/mol. The summed E-state index contributed by atoms with van der Waals surface area (Å²) in [4.78, 5) is 28.1. The molecule has 0 aliphatic carbocycles. The Morgan fingerprint density at radius 2 is 1.81 bits per heavy atom. The molecule has 0 radical (unpaired) electrons. The molecule has 1 spiro atoms. The standard InChI is InChI=1S/C29H39N3O4/c1-35-22-25-11-3-2-10-24(25)20-31-27(33)21-32-17-14-29(15-18-32)13-7-6-9-23-8-4-5-12-26(23)36-19-16-30-28(29)34/h2-5,8,10-12H,6-7,9,13-22H2,1H3,(H,30,34)(H,31,33). The van der Waals surface area contributed by atoms with E-state index in [1.165, 1.54) is 5.56 Å². The first-order valence-electron chi connectivity index (χ1n) is 13.1. The van der Waals surface area contributed by atoms with Crippen molar-refractivity contribution in [3.8, 4) is 5.75 Å². The van der Waals surface area contributed by atoms with Gasteiger partial charge in [-0.15, -0.1) is 0 Å². The lowest BCUT2D eigenvalue weighted by molar-refractivity contribution is -0.135. The highest BCUT2D eigenvalue weighted by molar-refractivity contribution is 5.83. The second kappa shape index (κ2) is 12.9. The number of benzene rings is 2. The quantitative estimate of drug-likeness (QED) is 0.644. The molecule has 2 amide bonds. The monoisotopic (exact) mass is 493 g/mol. The molecule has 0 saturated carbocycles. The van der Waals surface area contributed by atoms with E-state index in [0.717, 1.165) is 68.5 Å². The van der Waals surface area contributed by atoms with Crippen molar-refractivity contribution < 1.29 is 19.1 Å². The van der Waals surface area contributed by atoms with Gasteiger partial charge >= 0.3 is 0 Å². The Hall–Kier alpha value is -2.90. The van der Waals surface area contributed by atoms with Crippen molar-refractivity contribution >= 4 is 11.8 Å². The Balaban J connectivity index is 1.28. The summed E-state index contributed by atoms with van der Waals surface area (Å²) >= 11 is 0. The molecule has 2 heterocycles. The fourth-order valence-electron chi connectivity index (χ4n) is 5.35. The topological polar surface area (TPSA) is 79.9 Å². The highest BCUT2D eigenvalue weighted by Gasteiger charge is 2.40. The van der Waals surface area contributed by atoms with E-state index >= 15 is 0 Å². The van der Waals surface area contributed by atoms with Crippen molar-refractivity contribution in [2.45, 2.75) is 51.7 Å². The summed E-state index contributed by atoms with van der Waals surface area (Å²) in [6.07, 6.45) is 5.45. The Bertz CT molecular complexity index is 1020. The van der Waals surface area contributed by atoms with Crippen LogP contribution in [0.4, 0.5) is 0 Å². The number of nitrogens with zero attached hydrogens (tertiary/aromatic N) is 1. The van der Waals surface area contributed by atoms with Gasteiger partial charge in [0.1, 0.15) is 12.4 Å². The van der Waals surface area contributed by atoms with Crippen LogP contribution in [-0.2, 0) is 33.9 Å². The summed E-state index contributed by atoms with van der Waals surface area (Å²) in [5.41, 5.74) is 3.04. The molecule has 1 saturated heterocycles. The summed E-state index contributed by atoms with van der Waals surface area (Å²) in [5.74, 6) is 1.08. The molecule has 0 atom stereocenters. The van der Waals surface area contributed by atoms with Crippen LogP contribution in [0, 0.1) is 5.41 Å². The molecule has 2 aromatic carbocycles. The van der Waals surface area contributed by atoms with E-state index in [2.05, 4.69) is 27.7 Å². The van der Waals surface area contributed by atoms with E-state index in [1.54, 1.807) is 7.11 Å². The number of rotatable bonds is 6. The Morgan fingerprint density at radius 3 is 2.61 bits per heavy atom. The third-order valence-electron chi connectivity index (χ3n) is 7.53. The highest BCUT2D eigenvalue weighted by Crippen LogP contribution is 2.37. The summed E-state index contributed by atoms with van der Waals surface area (Å²) in [7, 11) is 1.67. The zero-order valence-electron chi connectivity index (χ0n) is 21.4. The Morgan fingerprint density at radius 1 is 1.06 bits per heavy atom. The molecule has 4 rings (SSSR count). The normalized spacial score (nSPS) is 18.8. The number of hydrogen-bond acceptors (Lipinski definition) is 5. The van der Waals surface area contributed by atoms with Gasteiger partial charge in [0.25, 0.3) is 0 Å². The number of ether oxygens (including phenoxy) is 2. The molecule has 7 heteroatoms. The number of fused-ring (bicyclic) bond motifs is 1. The summed E-state index contributed by atoms with van der Waals surface area (Å²) in [5, 5.41) is 6.18. The predicted molar refractivity (Wildman–Crippen MR) is 140 cm³/mol. The summed E-state index contributed by atoms with van der Waals surface area (Å²) in [6.45, 7) is 3.85. The first-order chi connectivity index (χ1) is 17.6. The fourth-order valence-corrected chi connectivity index (χ4v) is 5.35. The molecule has 2 aliphatic rings. The van der Waals surface area contributed by atoms with Crippen molar-refractivity contribution in [2.24, 2.45) is 5.41 Å². The SMILES string of the molecule is COCc1ccccc1CNC(=O)CN1CCC2(CCCCc3ccccc3OCCNC2=O)CC1. The van der Waals surface area contributed by atoms with Crippen LogP contribution >= 0.6 is 0 Å². The minimum absolute atomic E-state index is 0.0112. The number of nitrogens with one attached hydrogen (secondary N) is 2. The molecule has 2 N–H and O–H groups in total. The zero-order valence-corrected chi connectivity index (χ0v) is 21.4. The molecule has 2 aliphatic heterocycles. The predicted octanol–water partition coefficient (Wildman–Crippen LogP) is 3.45. The van der Waals surface area contributed by atoms with Crippen LogP contribution in [0.1, 0.15) is 48.8 Å². The van der Waals surface area contributed by atoms with Gasteiger partial charge in [0.05, 0.1) is 25.1 Å². The summed E-state index contributed by atoms with van der Waals surface area (Å²) < 4.78 is 11.2. The van der Waals surface area contributed by atoms with Gasteiger partial charge in [0.2, 0.25) is 11.8 Å². The van der Waals surface area contributed by atoms with Gasteiger partial charge in [-0.3, -0.25) is 14.5 Å². The number of carbonyl (C=O) groups excluding carboxylic acids is 2. The number of carbonyl (C=O) groups is 2. The maximum absolute atomic E-state index is 13.3. The van der Waals surface area contributed by atoms with E-state index in [-0.39, 0.29) is 17.2 Å².